The Morgan fingerprint density at radius 3 is 2.29 bits per heavy atom. The minimum absolute atomic E-state index is 0.647. The van der Waals surface area contributed by atoms with Crippen molar-refractivity contribution in [2.45, 2.75) is 57.0 Å². The Hall–Kier alpha value is -0.0800. The first-order valence-corrected chi connectivity index (χ1v) is 6.23. The summed E-state index contributed by atoms with van der Waals surface area (Å²) in [6, 6.07) is 1.69. The zero-order valence-corrected chi connectivity index (χ0v) is 8.93. The maximum absolute atomic E-state index is 5.47. The Bertz CT molecular complexity index is 206. The molecule has 14 heavy (non-hydrogen) atoms. The van der Waals surface area contributed by atoms with E-state index in [1.54, 1.807) is 0 Å². The molecule has 1 unspecified atom stereocenters. The standard InChI is InChI=1S/C12H21NO/c1-2-10(3-1)13-11-4-5-12(11)6-8-14-9-7-12/h10-11,13H,1-9H2. The van der Waals surface area contributed by atoms with E-state index in [1.807, 2.05) is 0 Å². The highest BCUT2D eigenvalue weighted by Gasteiger charge is 2.47. The molecule has 3 fully saturated rings. The maximum Gasteiger partial charge on any atom is 0.0471 e. The number of hydrogen-bond acceptors (Lipinski definition) is 2. The van der Waals surface area contributed by atoms with Crippen LogP contribution in [0.4, 0.5) is 0 Å². The summed E-state index contributed by atoms with van der Waals surface area (Å²) >= 11 is 0. The summed E-state index contributed by atoms with van der Waals surface area (Å²) in [5.41, 5.74) is 0.647. The zero-order valence-electron chi connectivity index (χ0n) is 8.93. The molecule has 0 aromatic carbocycles. The van der Waals surface area contributed by atoms with Gasteiger partial charge in [0.25, 0.3) is 0 Å². The summed E-state index contributed by atoms with van der Waals surface area (Å²) in [7, 11) is 0. The molecule has 1 spiro atoms. The SMILES string of the molecule is C1CC(NC2CCC23CCOCC3)C1. The lowest BCUT2D eigenvalue weighted by atomic mass is 9.59. The molecule has 0 amide bonds. The molecule has 3 rings (SSSR count). The van der Waals surface area contributed by atoms with Crippen molar-refractivity contribution in [3.05, 3.63) is 0 Å². The predicted octanol–water partition coefficient (Wildman–Crippen LogP) is 2.09. The molecule has 2 aliphatic carbocycles. The zero-order chi connectivity index (χ0) is 9.43. The van der Waals surface area contributed by atoms with Gasteiger partial charge in [-0.05, 0) is 43.9 Å². The quantitative estimate of drug-likeness (QED) is 0.728. The van der Waals surface area contributed by atoms with Gasteiger partial charge < -0.3 is 10.1 Å². The van der Waals surface area contributed by atoms with Gasteiger partial charge in [0.2, 0.25) is 0 Å². The maximum atomic E-state index is 5.47. The summed E-state index contributed by atoms with van der Waals surface area (Å²) in [4.78, 5) is 0. The van der Waals surface area contributed by atoms with Crippen molar-refractivity contribution in [2.75, 3.05) is 13.2 Å². The molecule has 1 saturated heterocycles. The van der Waals surface area contributed by atoms with E-state index in [2.05, 4.69) is 5.32 Å². The van der Waals surface area contributed by atoms with Crippen LogP contribution in [0.2, 0.25) is 0 Å². The largest absolute Gasteiger partial charge is 0.381 e. The second-order valence-corrected chi connectivity index (χ2v) is 5.36. The van der Waals surface area contributed by atoms with Gasteiger partial charge in [-0.3, -0.25) is 0 Å². The van der Waals surface area contributed by atoms with Gasteiger partial charge in [0.05, 0.1) is 0 Å². The molecule has 0 aromatic heterocycles. The lowest BCUT2D eigenvalue weighted by Gasteiger charge is -2.54. The first kappa shape index (κ1) is 9.17. The molecule has 2 saturated carbocycles. The van der Waals surface area contributed by atoms with E-state index in [4.69, 9.17) is 4.74 Å². The molecule has 0 aromatic rings. The molecule has 1 heterocycles. The van der Waals surface area contributed by atoms with Crippen LogP contribution in [0.5, 0.6) is 0 Å². The third kappa shape index (κ3) is 1.40. The second-order valence-electron chi connectivity index (χ2n) is 5.36. The molecule has 0 bridgehead atoms. The number of rotatable bonds is 2. The van der Waals surface area contributed by atoms with Gasteiger partial charge in [0.1, 0.15) is 0 Å². The van der Waals surface area contributed by atoms with Crippen LogP contribution in [-0.2, 0) is 4.74 Å². The minimum atomic E-state index is 0.647. The van der Waals surface area contributed by atoms with Crippen LogP contribution in [-0.4, -0.2) is 25.3 Å². The van der Waals surface area contributed by atoms with Crippen molar-refractivity contribution in [1.29, 1.82) is 0 Å². The van der Waals surface area contributed by atoms with Crippen molar-refractivity contribution < 1.29 is 4.74 Å². The Kier molecular flexibility index (Phi) is 2.29. The third-order valence-corrected chi connectivity index (χ3v) is 4.70. The summed E-state index contributed by atoms with van der Waals surface area (Å²) in [5, 5.41) is 3.86. The molecule has 2 nitrogen and oxygen atoms in total. The normalized spacial score (nSPS) is 36.4. The Morgan fingerprint density at radius 1 is 1.00 bits per heavy atom. The van der Waals surface area contributed by atoms with Gasteiger partial charge >= 0.3 is 0 Å². The number of nitrogens with one attached hydrogen (secondary N) is 1. The third-order valence-electron chi connectivity index (χ3n) is 4.70. The van der Waals surface area contributed by atoms with Gasteiger partial charge in [0.15, 0.2) is 0 Å². The van der Waals surface area contributed by atoms with Crippen molar-refractivity contribution >= 4 is 0 Å². The highest BCUT2D eigenvalue weighted by atomic mass is 16.5. The van der Waals surface area contributed by atoms with Crippen molar-refractivity contribution in [2.24, 2.45) is 5.41 Å². The summed E-state index contributed by atoms with van der Waals surface area (Å²) < 4.78 is 5.47. The Balaban J connectivity index is 1.57. The average molecular weight is 195 g/mol. The van der Waals surface area contributed by atoms with Crippen LogP contribution in [0, 0.1) is 5.41 Å². The highest BCUT2D eigenvalue weighted by molar-refractivity contribution is 5.02. The molecule has 0 radical (unpaired) electrons. The lowest BCUT2D eigenvalue weighted by Crippen LogP contribution is -2.59. The van der Waals surface area contributed by atoms with E-state index in [-0.39, 0.29) is 0 Å². The van der Waals surface area contributed by atoms with Crippen molar-refractivity contribution in [3.8, 4) is 0 Å². The second kappa shape index (κ2) is 3.49. The van der Waals surface area contributed by atoms with Crippen molar-refractivity contribution in [1.82, 2.24) is 5.32 Å². The van der Waals surface area contributed by atoms with Crippen LogP contribution >= 0.6 is 0 Å². The highest BCUT2D eigenvalue weighted by Crippen LogP contribution is 2.49. The first-order chi connectivity index (χ1) is 6.89. The predicted molar refractivity (Wildman–Crippen MR) is 56.3 cm³/mol. The summed E-state index contributed by atoms with van der Waals surface area (Å²) in [5.74, 6) is 0. The smallest absolute Gasteiger partial charge is 0.0471 e. The molecular weight excluding hydrogens is 174 g/mol. The average Bonchev–Trinajstić information content (AvgIpc) is 2.15. The summed E-state index contributed by atoms with van der Waals surface area (Å²) in [6.45, 7) is 2.01. The molecule has 80 valence electrons. The van der Waals surface area contributed by atoms with E-state index < -0.39 is 0 Å². The van der Waals surface area contributed by atoms with E-state index >= 15 is 0 Å². The Morgan fingerprint density at radius 2 is 1.79 bits per heavy atom. The monoisotopic (exact) mass is 195 g/mol. The van der Waals surface area contributed by atoms with Crippen LogP contribution in [0.15, 0.2) is 0 Å². The van der Waals surface area contributed by atoms with E-state index in [0.717, 1.165) is 25.3 Å². The van der Waals surface area contributed by atoms with Crippen LogP contribution < -0.4 is 5.32 Å². The van der Waals surface area contributed by atoms with Gasteiger partial charge in [-0.15, -0.1) is 0 Å². The van der Waals surface area contributed by atoms with E-state index in [0.29, 0.717) is 5.41 Å². The van der Waals surface area contributed by atoms with Gasteiger partial charge in [0, 0.05) is 25.3 Å². The number of hydrogen-bond donors (Lipinski definition) is 1. The van der Waals surface area contributed by atoms with Crippen molar-refractivity contribution in [3.63, 3.8) is 0 Å². The van der Waals surface area contributed by atoms with Gasteiger partial charge in [-0.2, -0.15) is 0 Å². The van der Waals surface area contributed by atoms with E-state index in [1.165, 1.54) is 44.9 Å². The molecular formula is C12H21NO. The lowest BCUT2D eigenvalue weighted by molar-refractivity contribution is -0.0602. The fourth-order valence-electron chi connectivity index (χ4n) is 3.19. The molecule has 1 aliphatic heterocycles. The van der Waals surface area contributed by atoms with Crippen LogP contribution in [0.1, 0.15) is 44.9 Å². The fourth-order valence-corrected chi connectivity index (χ4v) is 3.19. The van der Waals surface area contributed by atoms with Crippen LogP contribution in [0.3, 0.4) is 0 Å². The fraction of sp³-hybridized carbons (Fsp3) is 1.00. The number of ether oxygens (including phenoxy) is 1. The molecule has 1 atom stereocenters. The van der Waals surface area contributed by atoms with Crippen LogP contribution in [0.25, 0.3) is 0 Å². The van der Waals surface area contributed by atoms with Gasteiger partial charge in [-0.1, -0.05) is 6.42 Å². The topological polar surface area (TPSA) is 21.3 Å². The first-order valence-electron chi connectivity index (χ1n) is 6.23. The molecule has 1 N–H and O–H groups in total. The molecule has 3 aliphatic rings. The van der Waals surface area contributed by atoms with Gasteiger partial charge in [-0.25, -0.2) is 0 Å². The minimum Gasteiger partial charge on any atom is -0.381 e. The Labute approximate surface area is 86.4 Å². The summed E-state index contributed by atoms with van der Waals surface area (Å²) in [6.07, 6.45) is 9.75. The molecule has 2 heteroatoms. The van der Waals surface area contributed by atoms with E-state index in [9.17, 15) is 0 Å².